The first kappa shape index (κ1) is 37.7. The molecule has 51 heavy (non-hydrogen) atoms. The zero-order valence-corrected chi connectivity index (χ0v) is 26.1. The quantitative estimate of drug-likeness (QED) is 0.177. The van der Waals surface area contributed by atoms with Crippen LogP contribution in [-0.2, 0) is 36.0 Å². The lowest BCUT2D eigenvalue weighted by Gasteiger charge is -2.42. The van der Waals surface area contributed by atoms with Gasteiger partial charge in [0, 0.05) is 30.5 Å². The van der Waals surface area contributed by atoms with Gasteiger partial charge in [0.05, 0.1) is 35.0 Å². The van der Waals surface area contributed by atoms with E-state index in [-0.39, 0.29) is 31.6 Å². The maximum Gasteiger partial charge on any atom is 0.416 e. The summed E-state index contributed by atoms with van der Waals surface area (Å²) in [6.07, 6.45) is -21.7. The van der Waals surface area contributed by atoms with Crippen LogP contribution in [0.2, 0.25) is 0 Å². The molecule has 2 atom stereocenters. The zero-order chi connectivity index (χ0) is 37.4. The van der Waals surface area contributed by atoms with Crippen LogP contribution in [0.3, 0.4) is 0 Å². The molecule has 1 aliphatic heterocycles. The molecule has 0 radical (unpaired) electrons. The topological polar surface area (TPSA) is 29.5 Å². The van der Waals surface area contributed by atoms with Gasteiger partial charge in [0.25, 0.3) is 5.91 Å². The highest BCUT2D eigenvalue weighted by molar-refractivity contribution is 5.94. The summed E-state index contributed by atoms with van der Waals surface area (Å²) in [5.41, 5.74) is -6.43. The molecule has 0 spiro atoms. The molecule has 4 aromatic rings. The first-order valence-corrected chi connectivity index (χ1v) is 15.3. The van der Waals surface area contributed by atoms with Gasteiger partial charge >= 0.3 is 24.7 Å². The number of alkyl halides is 12. The Balaban J connectivity index is 1.54. The summed E-state index contributed by atoms with van der Waals surface area (Å²) in [5, 5.41) is 0. The summed E-state index contributed by atoms with van der Waals surface area (Å²) in [4.78, 5) is 14.8. The third-order valence-electron chi connectivity index (χ3n) is 8.57. The number of carbonyl (C=O) groups is 1. The molecule has 1 saturated heterocycles. The second-order valence-corrected chi connectivity index (χ2v) is 12.1. The van der Waals surface area contributed by atoms with Gasteiger partial charge in [-0.2, -0.15) is 52.7 Å². The fourth-order valence-electron chi connectivity index (χ4n) is 6.25. The Hall–Kier alpha value is -4.53. The van der Waals surface area contributed by atoms with Crippen LogP contribution < -0.4 is 0 Å². The van der Waals surface area contributed by atoms with Crippen molar-refractivity contribution in [3.63, 3.8) is 0 Å². The van der Waals surface area contributed by atoms with E-state index in [0.717, 1.165) is 4.90 Å². The summed E-state index contributed by atoms with van der Waals surface area (Å²) in [5.74, 6) is -2.61. The molecule has 0 unspecified atom stereocenters. The molecular weight excluding hydrogens is 706 g/mol. The van der Waals surface area contributed by atoms with Crippen LogP contribution in [0.4, 0.5) is 52.7 Å². The fourth-order valence-corrected chi connectivity index (χ4v) is 6.25. The molecule has 0 aromatic heterocycles. The number of halogens is 12. The molecule has 1 heterocycles. The van der Waals surface area contributed by atoms with Gasteiger partial charge in [-0.25, -0.2) is 0 Å². The van der Waals surface area contributed by atoms with Crippen molar-refractivity contribution in [3.05, 3.63) is 142 Å². The summed E-state index contributed by atoms with van der Waals surface area (Å²) < 4.78 is 169. The normalized spacial score (nSPS) is 17.5. The number of nitrogens with zero attached hydrogens (tertiary/aromatic N) is 1. The molecule has 0 saturated carbocycles. The Kier molecular flexibility index (Phi) is 10.5. The largest absolute Gasteiger partial charge is 0.416 e. The number of hydrogen-bond acceptors (Lipinski definition) is 2. The Morgan fingerprint density at radius 2 is 1.04 bits per heavy atom. The molecule has 0 bridgehead atoms. The molecular formula is C36H27F12NO2. The molecule has 272 valence electrons. The Bertz CT molecular complexity index is 1710. The molecule has 0 N–H and O–H groups in total. The molecule has 4 aromatic carbocycles. The molecule has 1 aliphatic rings. The maximum atomic E-state index is 13.7. The van der Waals surface area contributed by atoms with Crippen LogP contribution in [0.5, 0.6) is 0 Å². The van der Waals surface area contributed by atoms with Crippen molar-refractivity contribution < 1.29 is 62.2 Å². The van der Waals surface area contributed by atoms with Crippen LogP contribution in [0, 0.1) is 5.92 Å². The smallest absolute Gasteiger partial charge is 0.373 e. The van der Waals surface area contributed by atoms with Crippen molar-refractivity contribution in [2.75, 3.05) is 13.1 Å². The number of rotatable bonds is 7. The average molecular weight is 734 g/mol. The number of likely N-dealkylation sites (tertiary alicyclic amines) is 1. The molecule has 1 amide bonds. The minimum Gasteiger partial charge on any atom is -0.373 e. The lowest BCUT2D eigenvalue weighted by atomic mass is 9.75. The Labute approximate surface area is 283 Å². The number of ether oxygens (including phenoxy) is 1. The van der Waals surface area contributed by atoms with E-state index in [4.69, 9.17) is 4.74 Å². The summed E-state index contributed by atoms with van der Waals surface area (Å²) in [6, 6.07) is 18.8. The second-order valence-electron chi connectivity index (χ2n) is 12.1. The lowest BCUT2D eigenvalue weighted by molar-refractivity contribution is -0.144. The summed E-state index contributed by atoms with van der Waals surface area (Å²) >= 11 is 0. The summed E-state index contributed by atoms with van der Waals surface area (Å²) in [6.45, 7) is -1.27. The van der Waals surface area contributed by atoms with E-state index in [1.807, 2.05) is 0 Å². The molecule has 1 fully saturated rings. The van der Waals surface area contributed by atoms with Gasteiger partial charge in [0.2, 0.25) is 0 Å². The van der Waals surface area contributed by atoms with E-state index >= 15 is 0 Å². The lowest BCUT2D eigenvalue weighted by Crippen LogP contribution is -2.49. The van der Waals surface area contributed by atoms with Gasteiger partial charge in [0.15, 0.2) is 0 Å². The first-order valence-electron chi connectivity index (χ1n) is 15.3. The van der Waals surface area contributed by atoms with Crippen LogP contribution in [0.15, 0.2) is 97.1 Å². The van der Waals surface area contributed by atoms with E-state index in [1.165, 1.54) is 0 Å². The average Bonchev–Trinajstić information content (AvgIpc) is 3.06. The van der Waals surface area contributed by atoms with Crippen molar-refractivity contribution >= 4 is 5.91 Å². The molecule has 3 nitrogen and oxygen atoms in total. The summed E-state index contributed by atoms with van der Waals surface area (Å²) in [7, 11) is 0. The minimum absolute atomic E-state index is 0.0186. The number of piperidine rings is 1. The van der Waals surface area contributed by atoms with Crippen LogP contribution >= 0.6 is 0 Å². The minimum atomic E-state index is -5.21. The van der Waals surface area contributed by atoms with Crippen molar-refractivity contribution in [2.45, 2.75) is 49.8 Å². The van der Waals surface area contributed by atoms with E-state index in [1.54, 1.807) is 60.7 Å². The molecule has 15 heteroatoms. The van der Waals surface area contributed by atoms with E-state index in [9.17, 15) is 57.5 Å². The second kappa shape index (κ2) is 14.2. The maximum absolute atomic E-state index is 13.7. The fraction of sp³-hybridized carbons (Fsp3) is 0.306. The number of benzene rings is 4. The monoisotopic (exact) mass is 733 g/mol. The van der Waals surface area contributed by atoms with Gasteiger partial charge in [-0.3, -0.25) is 4.79 Å². The van der Waals surface area contributed by atoms with Crippen LogP contribution in [-0.4, -0.2) is 30.0 Å². The first-order chi connectivity index (χ1) is 23.7. The highest BCUT2D eigenvalue weighted by Gasteiger charge is 2.42. The van der Waals surface area contributed by atoms with Gasteiger partial charge < -0.3 is 9.64 Å². The predicted molar refractivity (Wildman–Crippen MR) is 160 cm³/mol. The van der Waals surface area contributed by atoms with Gasteiger partial charge in [-0.15, -0.1) is 0 Å². The standard InChI is InChI=1S/C36H27F12NO2/c37-33(38,39)25-13-21(14-26(17-25)34(40,41)42)20-51-30-11-12-49(32(50)24-15-27(35(43,44)45)18-28(16-24)36(46,47)48)19-29(30)31(22-7-3-1-4-8-22)23-9-5-2-6-10-23/h1-10,13-18,29-31H,11-12,19-20H2/t29-,30+/m0/s1. The third kappa shape index (κ3) is 9.04. The van der Waals surface area contributed by atoms with Crippen molar-refractivity contribution in [1.82, 2.24) is 4.90 Å². The van der Waals surface area contributed by atoms with E-state index in [2.05, 4.69) is 0 Å². The molecule has 0 aliphatic carbocycles. The van der Waals surface area contributed by atoms with E-state index in [0.29, 0.717) is 35.4 Å². The predicted octanol–water partition coefficient (Wildman–Crippen LogP) is 10.6. The zero-order valence-electron chi connectivity index (χ0n) is 26.1. The van der Waals surface area contributed by atoms with Gasteiger partial charge in [0.1, 0.15) is 0 Å². The van der Waals surface area contributed by atoms with Crippen molar-refractivity contribution in [3.8, 4) is 0 Å². The Morgan fingerprint density at radius 3 is 1.45 bits per heavy atom. The van der Waals surface area contributed by atoms with Crippen molar-refractivity contribution in [2.24, 2.45) is 5.92 Å². The number of hydrogen-bond donors (Lipinski definition) is 0. The van der Waals surface area contributed by atoms with Crippen LogP contribution in [0.25, 0.3) is 0 Å². The SMILES string of the molecule is O=C(c1cc(C(F)(F)F)cc(C(F)(F)F)c1)N1CC[C@@H](OCc2cc(C(F)(F)F)cc(C(F)(F)F)c2)[C@@H](C(c2ccccc2)c2ccccc2)C1. The van der Waals surface area contributed by atoms with Crippen LogP contribution in [0.1, 0.15) is 61.6 Å². The molecule has 5 rings (SSSR count). The highest BCUT2D eigenvalue weighted by Crippen LogP contribution is 2.42. The van der Waals surface area contributed by atoms with Gasteiger partial charge in [-0.05, 0) is 59.5 Å². The van der Waals surface area contributed by atoms with E-state index < -0.39 is 88.5 Å². The van der Waals surface area contributed by atoms with Crippen molar-refractivity contribution in [1.29, 1.82) is 0 Å². The Morgan fingerprint density at radius 1 is 0.627 bits per heavy atom. The highest BCUT2D eigenvalue weighted by atomic mass is 19.4. The number of carbonyl (C=O) groups excluding carboxylic acids is 1. The van der Waals surface area contributed by atoms with Gasteiger partial charge in [-0.1, -0.05) is 60.7 Å². The number of amides is 1. The third-order valence-corrected chi connectivity index (χ3v) is 8.57.